The van der Waals surface area contributed by atoms with Crippen LogP contribution in [-0.4, -0.2) is 54.0 Å². The first-order chi connectivity index (χ1) is 16.2. The zero-order valence-electron chi connectivity index (χ0n) is 18.7. The van der Waals surface area contributed by atoms with Crippen LogP contribution in [-0.2, 0) is 0 Å². The Hall–Kier alpha value is -3.82. The molecule has 0 bridgehead atoms. The molecule has 1 aromatic carbocycles. The van der Waals surface area contributed by atoms with E-state index in [9.17, 15) is 4.79 Å². The van der Waals surface area contributed by atoms with Crippen molar-refractivity contribution in [2.24, 2.45) is 0 Å². The average molecular weight is 445 g/mol. The van der Waals surface area contributed by atoms with E-state index in [1.54, 1.807) is 17.3 Å². The molecule has 3 N–H and O–H groups in total. The number of hydrogen-bond donors (Lipinski definition) is 3. The minimum atomic E-state index is 0.341. The van der Waals surface area contributed by atoms with Crippen molar-refractivity contribution >= 4 is 35.2 Å². The van der Waals surface area contributed by atoms with Gasteiger partial charge in [0.15, 0.2) is 12.1 Å². The first-order valence-corrected chi connectivity index (χ1v) is 10.9. The zero-order valence-corrected chi connectivity index (χ0v) is 18.7. The van der Waals surface area contributed by atoms with Crippen LogP contribution in [0.3, 0.4) is 0 Å². The number of carbonyl (C=O) groups excluding carboxylic acids is 1. The minimum Gasteiger partial charge on any atom is -0.369 e. The number of hydrazine groups is 1. The van der Waals surface area contributed by atoms with Gasteiger partial charge >= 0.3 is 0 Å². The third-order valence-electron chi connectivity index (χ3n) is 5.32. The number of nitrogens with zero attached hydrogens (tertiary/aromatic N) is 5. The fourth-order valence-electron chi connectivity index (χ4n) is 3.73. The molecule has 1 aliphatic rings. The van der Waals surface area contributed by atoms with Crippen LogP contribution >= 0.6 is 0 Å². The van der Waals surface area contributed by atoms with Crippen molar-refractivity contribution in [2.45, 2.75) is 6.92 Å². The summed E-state index contributed by atoms with van der Waals surface area (Å²) in [6.45, 7) is 10.3. The molecule has 4 rings (SSSR count). The van der Waals surface area contributed by atoms with Gasteiger partial charge in [-0.05, 0) is 42.8 Å². The van der Waals surface area contributed by atoms with Crippen LogP contribution in [0.15, 0.2) is 61.4 Å². The second-order valence-corrected chi connectivity index (χ2v) is 7.63. The van der Waals surface area contributed by atoms with Crippen molar-refractivity contribution in [2.75, 3.05) is 47.9 Å². The quantitative estimate of drug-likeness (QED) is 0.261. The van der Waals surface area contributed by atoms with Gasteiger partial charge < -0.3 is 15.5 Å². The molecule has 0 amide bonds. The number of aromatic nitrogens is 3. The summed E-state index contributed by atoms with van der Waals surface area (Å²) in [4.78, 5) is 27.5. The summed E-state index contributed by atoms with van der Waals surface area (Å²) in [6, 6.07) is 11.8. The van der Waals surface area contributed by atoms with E-state index in [1.807, 2.05) is 24.3 Å². The highest BCUT2D eigenvalue weighted by atomic mass is 16.1. The summed E-state index contributed by atoms with van der Waals surface area (Å²) in [5.74, 6) is 1.38. The Balaban J connectivity index is 1.61. The Kier molecular flexibility index (Phi) is 7.23. The maximum Gasteiger partial charge on any atom is 0.229 e. The van der Waals surface area contributed by atoms with Crippen molar-refractivity contribution in [3.05, 3.63) is 72.6 Å². The van der Waals surface area contributed by atoms with E-state index in [4.69, 9.17) is 0 Å². The molecule has 1 saturated heterocycles. The second kappa shape index (κ2) is 10.7. The molecule has 0 saturated carbocycles. The highest BCUT2D eigenvalue weighted by molar-refractivity contribution is 5.84. The Morgan fingerprint density at radius 2 is 2.06 bits per heavy atom. The number of carbonyl (C=O) groups is 1. The van der Waals surface area contributed by atoms with E-state index < -0.39 is 0 Å². The summed E-state index contributed by atoms with van der Waals surface area (Å²) in [5.41, 5.74) is 6.81. The predicted octanol–water partition coefficient (Wildman–Crippen LogP) is 2.97. The van der Waals surface area contributed by atoms with Gasteiger partial charge in [-0.2, -0.15) is 4.98 Å². The Labute approximate surface area is 193 Å². The van der Waals surface area contributed by atoms with Crippen LogP contribution in [0.2, 0.25) is 0 Å². The van der Waals surface area contributed by atoms with Gasteiger partial charge in [0.2, 0.25) is 5.95 Å². The van der Waals surface area contributed by atoms with Gasteiger partial charge in [-0.1, -0.05) is 12.1 Å². The third-order valence-corrected chi connectivity index (χ3v) is 5.32. The molecule has 0 spiro atoms. The van der Waals surface area contributed by atoms with Gasteiger partial charge in [0.1, 0.15) is 5.82 Å². The average Bonchev–Trinajstić information content (AvgIpc) is 2.86. The molecule has 0 atom stereocenters. The highest BCUT2D eigenvalue weighted by Gasteiger charge is 2.18. The van der Waals surface area contributed by atoms with Crippen molar-refractivity contribution in [1.82, 2.24) is 25.7 Å². The molecule has 33 heavy (non-hydrogen) atoms. The van der Waals surface area contributed by atoms with E-state index in [-0.39, 0.29) is 0 Å². The van der Waals surface area contributed by atoms with Gasteiger partial charge in [-0.15, -0.1) is 6.58 Å². The first-order valence-electron chi connectivity index (χ1n) is 10.9. The molecular formula is C24H28N8O. The Morgan fingerprint density at radius 3 is 2.76 bits per heavy atom. The lowest BCUT2D eigenvalue weighted by molar-refractivity contribution is 0.112. The van der Waals surface area contributed by atoms with Gasteiger partial charge in [0.05, 0.1) is 5.56 Å². The van der Waals surface area contributed by atoms with Crippen molar-refractivity contribution in [3.8, 4) is 0 Å². The standard InChI is InChI=1S/C24H28N8O/c1-3-9-28-32(22-6-4-5-10-26-22)23-19(17-33)16-27-24(30-23)29-20-7-8-21(18(2)15-20)31-13-11-25-12-14-31/h3-8,10,15-17,25,28H,1,9,11-14H2,2H3,(H,27,29,30). The second-order valence-electron chi connectivity index (χ2n) is 7.63. The molecule has 0 unspecified atom stereocenters. The number of piperazine rings is 1. The topological polar surface area (TPSA) is 98.3 Å². The van der Waals surface area contributed by atoms with Crippen molar-refractivity contribution in [3.63, 3.8) is 0 Å². The first kappa shape index (κ1) is 22.4. The maximum absolute atomic E-state index is 11.7. The van der Waals surface area contributed by atoms with Crippen LogP contribution in [0, 0.1) is 6.92 Å². The number of rotatable bonds is 9. The van der Waals surface area contributed by atoms with E-state index in [1.165, 1.54) is 17.4 Å². The smallest absolute Gasteiger partial charge is 0.229 e. The molecule has 2 aromatic heterocycles. The van der Waals surface area contributed by atoms with E-state index in [0.717, 1.165) is 38.2 Å². The summed E-state index contributed by atoms with van der Waals surface area (Å²) < 4.78 is 0. The molecule has 1 fully saturated rings. The molecule has 9 nitrogen and oxygen atoms in total. The predicted molar refractivity (Wildman–Crippen MR) is 132 cm³/mol. The monoisotopic (exact) mass is 444 g/mol. The third kappa shape index (κ3) is 5.33. The molecule has 0 radical (unpaired) electrons. The lowest BCUT2D eigenvalue weighted by atomic mass is 10.1. The minimum absolute atomic E-state index is 0.341. The van der Waals surface area contributed by atoms with Crippen LogP contribution in [0.5, 0.6) is 0 Å². The van der Waals surface area contributed by atoms with Gasteiger partial charge in [0, 0.05) is 56.5 Å². The molecular weight excluding hydrogens is 416 g/mol. The van der Waals surface area contributed by atoms with E-state index in [2.05, 4.69) is 61.5 Å². The molecule has 9 heteroatoms. The van der Waals surface area contributed by atoms with Crippen LogP contribution in [0.1, 0.15) is 15.9 Å². The van der Waals surface area contributed by atoms with Crippen LogP contribution in [0.25, 0.3) is 0 Å². The fourth-order valence-corrected chi connectivity index (χ4v) is 3.73. The summed E-state index contributed by atoms with van der Waals surface area (Å²) in [5, 5.41) is 8.31. The number of pyridine rings is 1. The molecule has 3 aromatic rings. The largest absolute Gasteiger partial charge is 0.369 e. The molecule has 1 aliphatic heterocycles. The number of benzene rings is 1. The normalized spacial score (nSPS) is 13.4. The van der Waals surface area contributed by atoms with Crippen LogP contribution < -0.4 is 26.0 Å². The van der Waals surface area contributed by atoms with Crippen LogP contribution in [0.4, 0.5) is 29.0 Å². The zero-order chi connectivity index (χ0) is 23.0. The Bertz CT molecular complexity index is 1100. The number of aryl methyl sites for hydroxylation is 1. The molecule has 0 aliphatic carbocycles. The molecule has 170 valence electrons. The maximum atomic E-state index is 11.7. The SMILES string of the molecule is C=CCNN(c1ccccn1)c1nc(Nc2ccc(N3CCNCC3)c(C)c2)ncc1C=O. The van der Waals surface area contributed by atoms with E-state index in [0.29, 0.717) is 29.7 Å². The lowest BCUT2D eigenvalue weighted by Gasteiger charge is -2.31. The summed E-state index contributed by atoms with van der Waals surface area (Å²) >= 11 is 0. The number of hydrogen-bond acceptors (Lipinski definition) is 9. The number of aldehydes is 1. The van der Waals surface area contributed by atoms with Gasteiger partial charge in [-0.25, -0.2) is 20.4 Å². The highest BCUT2D eigenvalue weighted by Crippen LogP contribution is 2.27. The van der Waals surface area contributed by atoms with E-state index >= 15 is 0 Å². The number of anilines is 5. The van der Waals surface area contributed by atoms with Crippen molar-refractivity contribution in [1.29, 1.82) is 0 Å². The van der Waals surface area contributed by atoms with Crippen molar-refractivity contribution < 1.29 is 4.79 Å². The lowest BCUT2D eigenvalue weighted by Crippen LogP contribution is -2.43. The van der Waals surface area contributed by atoms with Gasteiger partial charge in [-0.3, -0.25) is 4.79 Å². The van der Waals surface area contributed by atoms with Gasteiger partial charge in [0.25, 0.3) is 0 Å². The molecule has 3 heterocycles. The Morgan fingerprint density at radius 1 is 1.21 bits per heavy atom. The summed E-state index contributed by atoms with van der Waals surface area (Å²) in [6.07, 6.45) is 5.64. The number of nitrogens with one attached hydrogen (secondary N) is 3. The summed E-state index contributed by atoms with van der Waals surface area (Å²) in [7, 11) is 0. The fraction of sp³-hybridized carbons (Fsp3) is 0.250.